The molecule has 3 aliphatic rings. The molecule has 7 heteroatoms. The van der Waals surface area contributed by atoms with Crippen molar-refractivity contribution < 1.29 is 13.6 Å². The van der Waals surface area contributed by atoms with E-state index in [2.05, 4.69) is 182 Å². The molecule has 0 saturated heterocycles. The normalized spacial score (nSPS) is 13.7. The van der Waals surface area contributed by atoms with E-state index in [1.165, 1.54) is 10.9 Å². The van der Waals surface area contributed by atoms with Crippen LogP contribution < -0.4 is 42.6 Å². The number of rotatable bonds is 4. The Kier molecular flexibility index (Phi) is 7.20. The summed E-state index contributed by atoms with van der Waals surface area (Å²) in [5.41, 5.74) is 17.9. The van der Waals surface area contributed by atoms with E-state index in [1.807, 2.05) is 34.1 Å². The number of hydrogen-bond donors (Lipinski definition) is 0. The van der Waals surface area contributed by atoms with E-state index in [9.17, 15) is 0 Å². The first-order valence-corrected chi connectivity index (χ1v) is 22.6. The first kappa shape index (κ1) is 35.9. The van der Waals surface area contributed by atoms with Crippen LogP contribution >= 0.6 is 0 Å². The molecule has 304 valence electrons. The molecule has 2 amide bonds. The highest BCUT2D eigenvalue weighted by molar-refractivity contribution is 7.01. The maximum absolute atomic E-state index is 16.4. The molecule has 0 fully saturated rings. The second kappa shape index (κ2) is 13.3. The third kappa shape index (κ3) is 4.78. The van der Waals surface area contributed by atoms with Crippen LogP contribution in [0.4, 0.5) is 27.5 Å². The minimum absolute atomic E-state index is 0.137. The first-order valence-electron chi connectivity index (χ1n) is 22.6. The van der Waals surface area contributed by atoms with Gasteiger partial charge in [-0.25, -0.2) is 4.79 Å². The standard InChI is InChI=1S/C59H34B2N2O3/c64-59-62-50-33-54-42(40-21-9-13-25-52(40)65-54)31-48(50)60(44-23-11-7-19-38(44)35-15-3-1-4-16-35)46-29-27-37-28-30-47-58(56(37)57(46)62)63(59)51-34-55-43(41-22-10-14-26-53(41)66-55)32-49(51)61(47)45-24-12-8-20-39(45)36-17-5-2-6-18-36/h1-34H. The average Bonchev–Trinajstić information content (AvgIpc) is 3.93. The summed E-state index contributed by atoms with van der Waals surface area (Å²) >= 11 is 0. The van der Waals surface area contributed by atoms with Crippen molar-refractivity contribution >= 4 is 130 Å². The lowest BCUT2D eigenvalue weighted by Gasteiger charge is -2.46. The third-order valence-electron chi connectivity index (χ3n) is 14.5. The molecule has 3 aliphatic heterocycles. The maximum Gasteiger partial charge on any atom is 0.338 e. The fourth-order valence-electron chi connectivity index (χ4n) is 11.8. The Hall–Kier alpha value is -8.54. The highest BCUT2D eigenvalue weighted by atomic mass is 16.3. The van der Waals surface area contributed by atoms with Gasteiger partial charge in [0.05, 0.1) is 11.4 Å². The molecule has 15 rings (SSSR count). The molecule has 10 aromatic carbocycles. The van der Waals surface area contributed by atoms with Crippen LogP contribution in [0, 0.1) is 0 Å². The van der Waals surface area contributed by atoms with Crippen LogP contribution in [-0.2, 0) is 0 Å². The molecule has 0 aliphatic carbocycles. The lowest BCUT2D eigenvalue weighted by Crippen LogP contribution is -2.64. The molecular weight excluding hydrogens is 806 g/mol. The van der Waals surface area contributed by atoms with Gasteiger partial charge in [0, 0.05) is 50.4 Å². The van der Waals surface area contributed by atoms with Crippen LogP contribution in [0.1, 0.15) is 0 Å². The van der Waals surface area contributed by atoms with E-state index in [-0.39, 0.29) is 19.5 Å². The maximum atomic E-state index is 16.4. The van der Waals surface area contributed by atoms with Gasteiger partial charge in [-0.2, -0.15) is 0 Å². The molecule has 0 unspecified atom stereocenters. The van der Waals surface area contributed by atoms with Gasteiger partial charge in [0.1, 0.15) is 22.3 Å². The van der Waals surface area contributed by atoms with Crippen LogP contribution in [-0.4, -0.2) is 19.5 Å². The minimum Gasteiger partial charge on any atom is -0.456 e. The number of hydrogen-bond acceptors (Lipinski definition) is 3. The second-order valence-electron chi connectivity index (χ2n) is 17.8. The molecule has 5 heterocycles. The molecule has 0 atom stereocenters. The van der Waals surface area contributed by atoms with Crippen LogP contribution in [0.2, 0.25) is 0 Å². The number of nitrogens with zero attached hydrogens (tertiary/aromatic N) is 2. The number of benzene rings is 10. The van der Waals surface area contributed by atoms with Gasteiger partial charge < -0.3 is 8.83 Å². The topological polar surface area (TPSA) is 49.8 Å². The third-order valence-corrected chi connectivity index (χ3v) is 14.5. The number of furan rings is 2. The zero-order valence-corrected chi connectivity index (χ0v) is 35.4. The number of amides is 2. The van der Waals surface area contributed by atoms with Gasteiger partial charge in [0.2, 0.25) is 13.4 Å². The number of carbonyl (C=O) groups is 1. The Morgan fingerprint density at radius 2 is 0.773 bits per heavy atom. The van der Waals surface area contributed by atoms with Crippen LogP contribution in [0.15, 0.2) is 215 Å². The van der Waals surface area contributed by atoms with Crippen molar-refractivity contribution in [2.75, 3.05) is 9.80 Å². The zero-order valence-electron chi connectivity index (χ0n) is 35.4. The number of urea groups is 1. The van der Waals surface area contributed by atoms with Crippen LogP contribution in [0.3, 0.4) is 0 Å². The van der Waals surface area contributed by atoms with Gasteiger partial charge in [0.25, 0.3) is 0 Å². The minimum atomic E-state index is -0.207. The van der Waals surface area contributed by atoms with Crippen molar-refractivity contribution in [1.29, 1.82) is 0 Å². The number of carbonyl (C=O) groups excluding carboxylic acids is 1. The van der Waals surface area contributed by atoms with Gasteiger partial charge in [-0.05, 0) is 61.6 Å². The van der Waals surface area contributed by atoms with E-state index in [0.717, 1.165) is 122 Å². The van der Waals surface area contributed by atoms with Crippen molar-refractivity contribution in [2.45, 2.75) is 0 Å². The molecule has 0 bridgehead atoms. The molecule has 0 radical (unpaired) electrons. The van der Waals surface area contributed by atoms with E-state index in [1.54, 1.807) is 0 Å². The van der Waals surface area contributed by atoms with E-state index >= 15 is 4.79 Å². The van der Waals surface area contributed by atoms with Crippen LogP contribution in [0.25, 0.3) is 76.9 Å². The Bertz CT molecular complexity index is 3810. The summed E-state index contributed by atoms with van der Waals surface area (Å²) in [5.74, 6) is 0. The lowest BCUT2D eigenvalue weighted by atomic mass is 9.33. The van der Waals surface area contributed by atoms with Crippen molar-refractivity contribution in [3.05, 3.63) is 206 Å². The van der Waals surface area contributed by atoms with Crippen molar-refractivity contribution in [3.8, 4) is 22.3 Å². The smallest absolute Gasteiger partial charge is 0.338 e. The highest BCUT2D eigenvalue weighted by Gasteiger charge is 2.49. The fourth-order valence-corrected chi connectivity index (χ4v) is 11.8. The summed E-state index contributed by atoms with van der Waals surface area (Å²) in [6.45, 7) is -0.415. The van der Waals surface area contributed by atoms with Gasteiger partial charge >= 0.3 is 6.03 Å². The summed E-state index contributed by atoms with van der Waals surface area (Å²) in [6, 6.07) is 73.0. The first-order chi connectivity index (χ1) is 32.7. The largest absolute Gasteiger partial charge is 0.456 e. The molecule has 0 saturated carbocycles. The number of anilines is 4. The van der Waals surface area contributed by atoms with Gasteiger partial charge in [-0.1, -0.05) is 193 Å². The summed E-state index contributed by atoms with van der Waals surface area (Å²) in [6.07, 6.45) is 0. The Morgan fingerprint density at radius 3 is 1.26 bits per heavy atom. The molecule has 0 N–H and O–H groups in total. The SMILES string of the molecule is O=C1N2c3cc4oc5ccccc5c4cc3B(c3ccccc3-c3ccccc3)c3ccc4ccc5c(c4c32)N1c1cc2oc3ccccc3c2cc1B5c1ccccc1-c1ccccc1. The van der Waals surface area contributed by atoms with Crippen molar-refractivity contribution in [2.24, 2.45) is 0 Å². The predicted molar refractivity (Wildman–Crippen MR) is 274 cm³/mol. The quantitative estimate of drug-likeness (QED) is 0.166. The van der Waals surface area contributed by atoms with Crippen LogP contribution in [0.5, 0.6) is 0 Å². The van der Waals surface area contributed by atoms with Crippen molar-refractivity contribution in [1.82, 2.24) is 0 Å². The van der Waals surface area contributed by atoms with Gasteiger partial charge in [0.15, 0.2) is 0 Å². The average molecular weight is 841 g/mol. The molecule has 12 aromatic rings. The molecule has 66 heavy (non-hydrogen) atoms. The Balaban J connectivity index is 1.08. The van der Waals surface area contributed by atoms with E-state index in [0.29, 0.717) is 0 Å². The lowest BCUT2D eigenvalue weighted by molar-refractivity contribution is 0.255. The van der Waals surface area contributed by atoms with Gasteiger partial charge in [-0.3, -0.25) is 9.80 Å². The number of para-hydroxylation sites is 2. The molecular formula is C59H34B2N2O3. The summed E-state index contributed by atoms with van der Waals surface area (Å²) in [7, 11) is 0. The van der Waals surface area contributed by atoms with Gasteiger partial charge in [-0.15, -0.1) is 0 Å². The second-order valence-corrected chi connectivity index (χ2v) is 17.8. The Labute approximate surface area is 379 Å². The Morgan fingerprint density at radius 1 is 0.348 bits per heavy atom. The highest BCUT2D eigenvalue weighted by Crippen LogP contribution is 2.49. The molecule has 2 aromatic heterocycles. The fraction of sp³-hybridized carbons (Fsp3) is 0. The summed E-state index contributed by atoms with van der Waals surface area (Å²) < 4.78 is 13.3. The molecule has 5 nitrogen and oxygen atoms in total. The molecule has 0 spiro atoms. The number of fused-ring (bicyclic) bond motifs is 10. The van der Waals surface area contributed by atoms with E-state index in [4.69, 9.17) is 8.83 Å². The zero-order chi connectivity index (χ0) is 43.2. The van der Waals surface area contributed by atoms with E-state index < -0.39 is 0 Å². The summed E-state index contributed by atoms with van der Waals surface area (Å²) in [5, 5.41) is 6.28. The monoisotopic (exact) mass is 840 g/mol. The summed E-state index contributed by atoms with van der Waals surface area (Å²) in [4.78, 5) is 20.3. The predicted octanol–water partition coefficient (Wildman–Crippen LogP) is 11.0. The van der Waals surface area contributed by atoms with Crippen molar-refractivity contribution in [3.63, 3.8) is 0 Å².